The van der Waals surface area contributed by atoms with Gasteiger partial charge in [-0.25, -0.2) is 8.42 Å². The van der Waals surface area contributed by atoms with E-state index in [1.54, 1.807) is 42.5 Å². The molecule has 7 heteroatoms. The van der Waals surface area contributed by atoms with E-state index in [1.807, 2.05) is 32.0 Å². The Hall–Kier alpha value is -3.09. The number of halogens is 1. The molecule has 0 saturated heterocycles. The Morgan fingerprint density at radius 1 is 0.933 bits per heavy atom. The predicted molar refractivity (Wildman–Crippen MR) is 122 cm³/mol. The first-order valence-electron chi connectivity index (χ1n) is 9.18. The van der Waals surface area contributed by atoms with Gasteiger partial charge in [0, 0.05) is 11.8 Å². The molecule has 0 aliphatic heterocycles. The van der Waals surface area contributed by atoms with E-state index in [9.17, 15) is 13.2 Å². The zero-order valence-corrected chi connectivity index (χ0v) is 18.1. The van der Waals surface area contributed by atoms with Gasteiger partial charge in [-0.15, -0.1) is 0 Å². The van der Waals surface area contributed by atoms with Crippen molar-refractivity contribution in [2.75, 3.05) is 10.0 Å². The molecule has 0 unspecified atom stereocenters. The number of carbonyl (C=O) groups is 1. The molecule has 0 bridgehead atoms. The highest BCUT2D eigenvalue weighted by molar-refractivity contribution is 7.92. The second kappa shape index (κ2) is 9.15. The largest absolute Gasteiger partial charge is 0.322 e. The van der Waals surface area contributed by atoms with Gasteiger partial charge >= 0.3 is 0 Å². The standard InChI is InChI=1S/C23H21ClN2O3S/c1-16-7-13-21(17(2)15-16)25-23(27)14-10-18-8-11-19(12-9-18)30(28,29)26-22-6-4-3-5-20(22)24/h3-15,26H,1-2H3,(H,25,27)/b14-10+. The monoisotopic (exact) mass is 440 g/mol. The fraction of sp³-hybridized carbons (Fsp3) is 0.0870. The molecule has 3 rings (SSSR count). The summed E-state index contributed by atoms with van der Waals surface area (Å²) in [7, 11) is -3.77. The molecule has 0 atom stereocenters. The van der Waals surface area contributed by atoms with Crippen molar-refractivity contribution in [3.63, 3.8) is 0 Å². The summed E-state index contributed by atoms with van der Waals surface area (Å²) in [5.74, 6) is -0.265. The van der Waals surface area contributed by atoms with Gasteiger partial charge in [0.2, 0.25) is 5.91 Å². The predicted octanol–water partition coefficient (Wildman–Crippen LogP) is 5.41. The van der Waals surface area contributed by atoms with E-state index in [-0.39, 0.29) is 10.8 Å². The summed E-state index contributed by atoms with van der Waals surface area (Å²) in [4.78, 5) is 12.3. The Kier molecular flexibility index (Phi) is 6.59. The molecule has 0 heterocycles. The number of hydrogen-bond donors (Lipinski definition) is 2. The Labute approximate surface area is 181 Å². The van der Waals surface area contributed by atoms with Crippen LogP contribution in [0.15, 0.2) is 77.7 Å². The Balaban J connectivity index is 1.67. The number of amides is 1. The van der Waals surface area contributed by atoms with E-state index in [0.29, 0.717) is 16.3 Å². The summed E-state index contributed by atoms with van der Waals surface area (Å²) < 4.78 is 27.5. The van der Waals surface area contributed by atoms with Gasteiger partial charge in [-0.1, -0.05) is 53.6 Å². The van der Waals surface area contributed by atoms with Gasteiger partial charge in [0.05, 0.1) is 15.6 Å². The van der Waals surface area contributed by atoms with Crippen molar-refractivity contribution in [1.29, 1.82) is 0 Å². The minimum Gasteiger partial charge on any atom is -0.322 e. The van der Waals surface area contributed by atoms with E-state index in [2.05, 4.69) is 10.0 Å². The average molecular weight is 441 g/mol. The van der Waals surface area contributed by atoms with Gasteiger partial charge in [-0.05, 0) is 61.4 Å². The molecule has 0 saturated carbocycles. The SMILES string of the molecule is Cc1ccc(NC(=O)/C=C/c2ccc(S(=O)(=O)Nc3ccccc3Cl)cc2)c(C)c1. The van der Waals surface area contributed by atoms with Crippen molar-refractivity contribution in [3.05, 3.63) is 94.5 Å². The summed E-state index contributed by atoms with van der Waals surface area (Å²) in [6, 6.07) is 18.6. The van der Waals surface area contributed by atoms with Gasteiger partial charge in [-0.2, -0.15) is 0 Å². The fourth-order valence-corrected chi connectivity index (χ4v) is 4.12. The zero-order chi connectivity index (χ0) is 21.7. The first-order chi connectivity index (χ1) is 14.2. The number of hydrogen-bond acceptors (Lipinski definition) is 3. The van der Waals surface area contributed by atoms with Crippen LogP contribution < -0.4 is 10.0 Å². The highest BCUT2D eigenvalue weighted by Crippen LogP contribution is 2.24. The minimum absolute atomic E-state index is 0.0966. The number of carbonyl (C=O) groups excluding carboxylic acids is 1. The van der Waals surface area contributed by atoms with Gasteiger partial charge in [0.15, 0.2) is 0 Å². The minimum atomic E-state index is -3.77. The fourth-order valence-electron chi connectivity index (χ4n) is 2.81. The lowest BCUT2D eigenvalue weighted by atomic mass is 10.1. The summed E-state index contributed by atoms with van der Waals surface area (Å²) >= 11 is 6.02. The molecule has 30 heavy (non-hydrogen) atoms. The van der Waals surface area contributed by atoms with Crippen molar-refractivity contribution in [2.24, 2.45) is 0 Å². The second-order valence-corrected chi connectivity index (χ2v) is 8.88. The third-order valence-electron chi connectivity index (χ3n) is 4.38. The molecule has 2 N–H and O–H groups in total. The molecular formula is C23H21ClN2O3S. The van der Waals surface area contributed by atoms with Crippen LogP contribution in [0.25, 0.3) is 6.08 Å². The van der Waals surface area contributed by atoms with E-state index in [0.717, 1.165) is 16.8 Å². The second-order valence-electron chi connectivity index (χ2n) is 6.80. The summed E-state index contributed by atoms with van der Waals surface area (Å²) in [6.07, 6.45) is 3.03. The van der Waals surface area contributed by atoms with Gasteiger partial charge in [0.1, 0.15) is 0 Å². The van der Waals surface area contributed by atoms with Crippen LogP contribution in [0.1, 0.15) is 16.7 Å². The molecule has 5 nitrogen and oxygen atoms in total. The van der Waals surface area contributed by atoms with Crippen LogP contribution in [-0.4, -0.2) is 14.3 Å². The maximum Gasteiger partial charge on any atom is 0.261 e. The van der Waals surface area contributed by atoms with Crippen molar-refractivity contribution in [3.8, 4) is 0 Å². The Morgan fingerprint density at radius 3 is 2.30 bits per heavy atom. The summed E-state index contributed by atoms with van der Waals surface area (Å²) in [5, 5.41) is 3.15. The zero-order valence-electron chi connectivity index (χ0n) is 16.5. The van der Waals surface area contributed by atoms with Crippen LogP contribution in [0.2, 0.25) is 5.02 Å². The summed E-state index contributed by atoms with van der Waals surface area (Å²) in [5.41, 5.74) is 3.87. The first-order valence-corrected chi connectivity index (χ1v) is 11.0. The van der Waals surface area contributed by atoms with Crippen LogP contribution in [0.4, 0.5) is 11.4 Å². The van der Waals surface area contributed by atoms with Crippen molar-refractivity contribution in [2.45, 2.75) is 18.7 Å². The highest BCUT2D eigenvalue weighted by atomic mass is 35.5. The van der Waals surface area contributed by atoms with Crippen LogP contribution in [0.5, 0.6) is 0 Å². The van der Waals surface area contributed by atoms with Crippen molar-refractivity contribution in [1.82, 2.24) is 0 Å². The average Bonchev–Trinajstić information content (AvgIpc) is 2.70. The lowest BCUT2D eigenvalue weighted by molar-refractivity contribution is -0.111. The van der Waals surface area contributed by atoms with Crippen LogP contribution >= 0.6 is 11.6 Å². The molecule has 0 fully saturated rings. The number of aryl methyl sites for hydroxylation is 2. The third kappa shape index (κ3) is 5.49. The lowest BCUT2D eigenvalue weighted by Gasteiger charge is -2.09. The number of benzene rings is 3. The number of sulfonamides is 1. The molecule has 0 aliphatic carbocycles. The topological polar surface area (TPSA) is 75.3 Å². The number of rotatable bonds is 6. The van der Waals surface area contributed by atoms with Crippen LogP contribution in [-0.2, 0) is 14.8 Å². The molecule has 1 amide bonds. The number of para-hydroxylation sites is 1. The Morgan fingerprint density at radius 2 is 1.63 bits per heavy atom. The lowest BCUT2D eigenvalue weighted by Crippen LogP contribution is -2.13. The van der Waals surface area contributed by atoms with Crippen molar-refractivity contribution >= 4 is 45.0 Å². The molecule has 3 aromatic rings. The quantitative estimate of drug-likeness (QED) is 0.503. The first kappa shape index (κ1) is 21.6. The maximum absolute atomic E-state index is 12.5. The molecule has 0 spiro atoms. The van der Waals surface area contributed by atoms with Gasteiger partial charge in [-0.3, -0.25) is 9.52 Å². The van der Waals surface area contributed by atoms with Gasteiger partial charge in [0.25, 0.3) is 10.0 Å². The smallest absolute Gasteiger partial charge is 0.261 e. The van der Waals surface area contributed by atoms with Crippen LogP contribution in [0.3, 0.4) is 0 Å². The van der Waals surface area contributed by atoms with Crippen molar-refractivity contribution < 1.29 is 13.2 Å². The number of nitrogens with one attached hydrogen (secondary N) is 2. The van der Waals surface area contributed by atoms with E-state index in [4.69, 9.17) is 11.6 Å². The Bertz CT molecular complexity index is 1200. The van der Waals surface area contributed by atoms with Crippen LogP contribution in [0, 0.1) is 13.8 Å². The molecule has 3 aromatic carbocycles. The van der Waals surface area contributed by atoms with E-state index < -0.39 is 10.0 Å². The summed E-state index contributed by atoms with van der Waals surface area (Å²) in [6.45, 7) is 3.93. The molecule has 0 aliphatic rings. The van der Waals surface area contributed by atoms with Gasteiger partial charge < -0.3 is 5.32 Å². The molecule has 0 aromatic heterocycles. The van der Waals surface area contributed by atoms with E-state index >= 15 is 0 Å². The normalized spacial score (nSPS) is 11.4. The molecule has 154 valence electrons. The maximum atomic E-state index is 12.5. The highest BCUT2D eigenvalue weighted by Gasteiger charge is 2.15. The molecular weight excluding hydrogens is 420 g/mol. The third-order valence-corrected chi connectivity index (χ3v) is 6.09. The number of anilines is 2. The van der Waals surface area contributed by atoms with E-state index in [1.165, 1.54) is 18.2 Å². The molecule has 0 radical (unpaired) electrons.